The first-order valence-electron chi connectivity index (χ1n) is 9.16. The summed E-state index contributed by atoms with van der Waals surface area (Å²) in [7, 11) is 0. The Bertz CT molecular complexity index is 747. The molecule has 1 unspecified atom stereocenters. The van der Waals surface area contributed by atoms with Gasteiger partial charge in [0.25, 0.3) is 0 Å². The van der Waals surface area contributed by atoms with Crippen molar-refractivity contribution < 1.29 is 14.4 Å². The first-order valence-corrected chi connectivity index (χ1v) is 9.16. The summed E-state index contributed by atoms with van der Waals surface area (Å²) in [5.74, 6) is 6.06. The molecule has 27 heavy (non-hydrogen) atoms. The number of esters is 1. The van der Waals surface area contributed by atoms with E-state index in [-0.39, 0.29) is 12.0 Å². The summed E-state index contributed by atoms with van der Waals surface area (Å²) in [5.41, 5.74) is 1.52. The molecule has 6 heteroatoms. The Morgan fingerprint density at radius 3 is 2.48 bits per heavy atom. The summed E-state index contributed by atoms with van der Waals surface area (Å²) in [6.07, 6.45) is 6.86. The summed E-state index contributed by atoms with van der Waals surface area (Å²) >= 11 is 0. The van der Waals surface area contributed by atoms with Crippen molar-refractivity contribution in [3.63, 3.8) is 0 Å². The molecule has 1 heterocycles. The molecular weight excluding hydrogens is 342 g/mol. The molecule has 0 aliphatic carbocycles. The van der Waals surface area contributed by atoms with Crippen LogP contribution in [0.1, 0.15) is 58.6 Å². The van der Waals surface area contributed by atoms with Gasteiger partial charge in [0.05, 0.1) is 12.4 Å². The Hall–Kier alpha value is -2.60. The zero-order chi connectivity index (χ0) is 19.9. The smallest absolute Gasteiger partial charge is 0.306 e. The van der Waals surface area contributed by atoms with E-state index < -0.39 is 5.60 Å². The van der Waals surface area contributed by atoms with E-state index in [1.54, 1.807) is 12.5 Å². The molecule has 1 aromatic carbocycles. The summed E-state index contributed by atoms with van der Waals surface area (Å²) in [5, 5.41) is 0. The van der Waals surface area contributed by atoms with Gasteiger partial charge in [0.1, 0.15) is 11.4 Å². The second-order valence-corrected chi connectivity index (χ2v) is 7.45. The minimum Gasteiger partial charge on any atom is -0.460 e. The minimum absolute atomic E-state index is 0.0185. The highest BCUT2D eigenvalue weighted by Crippen LogP contribution is 2.32. The zero-order valence-electron chi connectivity index (χ0n) is 16.5. The predicted octanol–water partition coefficient (Wildman–Crippen LogP) is 4.26. The fourth-order valence-electron chi connectivity index (χ4n) is 2.94. The fourth-order valence-corrected chi connectivity index (χ4v) is 2.94. The van der Waals surface area contributed by atoms with E-state index in [1.165, 1.54) is 0 Å². The number of hydrogen-bond donors (Lipinski definition) is 1. The summed E-state index contributed by atoms with van der Waals surface area (Å²) in [6.45, 7) is 7.65. The van der Waals surface area contributed by atoms with Crippen LogP contribution in [0.2, 0.25) is 0 Å². The summed E-state index contributed by atoms with van der Waals surface area (Å²) in [6, 6.07) is 9.95. The molecule has 0 aliphatic rings. The van der Waals surface area contributed by atoms with Gasteiger partial charge >= 0.3 is 5.97 Å². The number of ether oxygens (including phenoxy) is 1. The van der Waals surface area contributed by atoms with Crippen molar-refractivity contribution in [3.05, 3.63) is 60.4 Å². The van der Waals surface area contributed by atoms with Gasteiger partial charge in [0.2, 0.25) is 0 Å². The average Bonchev–Trinajstić information content (AvgIpc) is 3.14. The topological polar surface area (TPSA) is 79.4 Å². The lowest BCUT2D eigenvalue weighted by Crippen LogP contribution is -2.23. The summed E-state index contributed by atoms with van der Waals surface area (Å²) < 4.78 is 7.36. The van der Waals surface area contributed by atoms with Gasteiger partial charge < -0.3 is 14.1 Å². The largest absolute Gasteiger partial charge is 0.460 e. The maximum atomic E-state index is 12.0. The monoisotopic (exact) mass is 371 g/mol. The van der Waals surface area contributed by atoms with E-state index in [0.717, 1.165) is 11.1 Å². The zero-order valence-corrected chi connectivity index (χ0v) is 16.5. The second kappa shape index (κ2) is 9.37. The number of nitrogens with two attached hydrogens (primary N) is 1. The lowest BCUT2D eigenvalue weighted by Gasteiger charge is -2.22. The van der Waals surface area contributed by atoms with Crippen LogP contribution in [0.5, 0.6) is 0 Å². The molecule has 0 amide bonds. The van der Waals surface area contributed by atoms with Crippen LogP contribution >= 0.6 is 0 Å². The van der Waals surface area contributed by atoms with Gasteiger partial charge in [-0.05, 0) is 39.7 Å². The molecule has 0 saturated carbocycles. The van der Waals surface area contributed by atoms with E-state index in [0.29, 0.717) is 25.0 Å². The molecule has 6 nitrogen and oxygen atoms in total. The van der Waals surface area contributed by atoms with Crippen molar-refractivity contribution in [3.8, 4) is 0 Å². The van der Waals surface area contributed by atoms with Crippen molar-refractivity contribution in [2.24, 2.45) is 5.90 Å². The van der Waals surface area contributed by atoms with Crippen molar-refractivity contribution >= 4 is 11.5 Å². The van der Waals surface area contributed by atoms with Gasteiger partial charge in [-0.2, -0.15) is 5.90 Å². The van der Waals surface area contributed by atoms with Gasteiger partial charge in [-0.3, -0.25) is 4.79 Å². The van der Waals surface area contributed by atoms with Crippen LogP contribution in [-0.4, -0.2) is 21.1 Å². The molecule has 0 spiro atoms. The molecule has 0 radical (unpaired) electrons. The summed E-state index contributed by atoms with van der Waals surface area (Å²) in [4.78, 5) is 21.4. The van der Waals surface area contributed by atoms with Crippen LogP contribution < -0.4 is 5.90 Å². The number of aromatic nitrogens is 2. The highest BCUT2D eigenvalue weighted by molar-refractivity contribution is 5.71. The maximum Gasteiger partial charge on any atom is 0.306 e. The van der Waals surface area contributed by atoms with Crippen molar-refractivity contribution in [2.75, 3.05) is 0 Å². The highest BCUT2D eigenvalue weighted by atomic mass is 16.6. The van der Waals surface area contributed by atoms with Gasteiger partial charge in [0.15, 0.2) is 0 Å². The van der Waals surface area contributed by atoms with Crippen molar-refractivity contribution in [1.82, 2.24) is 9.55 Å². The van der Waals surface area contributed by atoms with E-state index in [1.807, 2.05) is 61.9 Å². The molecule has 1 atom stereocenters. The number of hydrogen-bond acceptors (Lipinski definition) is 5. The lowest BCUT2D eigenvalue weighted by atomic mass is 9.96. The molecular formula is C21H29N3O3. The Balaban J connectivity index is 2.21. The van der Waals surface area contributed by atoms with Crippen LogP contribution in [0, 0.1) is 0 Å². The Labute approximate surface area is 160 Å². The SMILES string of the molecule is CC(/C(=C(\CCCC(=O)OC(C)(C)C)ON)c1ccccc1)n1ccnc1. The highest BCUT2D eigenvalue weighted by Gasteiger charge is 2.20. The van der Waals surface area contributed by atoms with Crippen molar-refractivity contribution in [1.29, 1.82) is 0 Å². The third-order valence-corrected chi connectivity index (χ3v) is 4.12. The molecule has 1 aromatic heterocycles. The molecule has 2 aromatic rings. The second-order valence-electron chi connectivity index (χ2n) is 7.45. The number of imidazole rings is 1. The first kappa shape index (κ1) is 20.7. The Morgan fingerprint density at radius 2 is 1.93 bits per heavy atom. The first-order chi connectivity index (χ1) is 12.8. The Kier molecular flexibility index (Phi) is 7.19. The standard InChI is InChI=1S/C21H29N3O3/c1-16(24-14-13-23-15-24)20(17-9-6-5-7-10-17)18(27-22)11-8-12-19(25)26-21(2,3)4/h5-7,9-10,13-16H,8,11-12,22H2,1-4H3/b20-18-. The predicted molar refractivity (Wildman–Crippen MR) is 105 cm³/mol. The van der Waals surface area contributed by atoms with Gasteiger partial charge in [-0.25, -0.2) is 4.98 Å². The molecule has 2 N–H and O–H groups in total. The third-order valence-electron chi connectivity index (χ3n) is 4.12. The molecule has 0 saturated heterocycles. The number of carbonyl (C=O) groups is 1. The average molecular weight is 371 g/mol. The molecule has 0 aliphatic heterocycles. The van der Waals surface area contributed by atoms with E-state index in [9.17, 15) is 4.79 Å². The van der Waals surface area contributed by atoms with Crippen LogP contribution in [0.4, 0.5) is 0 Å². The molecule has 0 fully saturated rings. The van der Waals surface area contributed by atoms with Gasteiger partial charge in [-0.1, -0.05) is 30.3 Å². The van der Waals surface area contributed by atoms with Crippen LogP contribution in [0.3, 0.4) is 0 Å². The van der Waals surface area contributed by atoms with E-state index in [2.05, 4.69) is 11.9 Å². The fraction of sp³-hybridized carbons (Fsp3) is 0.429. The van der Waals surface area contributed by atoms with E-state index >= 15 is 0 Å². The molecule has 2 rings (SSSR count). The Morgan fingerprint density at radius 1 is 1.22 bits per heavy atom. The van der Waals surface area contributed by atoms with Gasteiger partial charge in [0, 0.05) is 30.8 Å². The van der Waals surface area contributed by atoms with Crippen LogP contribution in [-0.2, 0) is 14.4 Å². The molecule has 0 bridgehead atoms. The van der Waals surface area contributed by atoms with E-state index in [4.69, 9.17) is 15.5 Å². The van der Waals surface area contributed by atoms with Crippen molar-refractivity contribution in [2.45, 2.75) is 58.6 Å². The number of carbonyl (C=O) groups excluding carboxylic acids is 1. The van der Waals surface area contributed by atoms with Crippen LogP contribution in [0.15, 0.2) is 54.8 Å². The number of rotatable bonds is 8. The minimum atomic E-state index is -0.481. The lowest BCUT2D eigenvalue weighted by molar-refractivity contribution is -0.154. The van der Waals surface area contributed by atoms with Crippen LogP contribution in [0.25, 0.3) is 5.57 Å². The number of nitrogens with zero attached hydrogens (tertiary/aromatic N) is 2. The van der Waals surface area contributed by atoms with Gasteiger partial charge in [-0.15, -0.1) is 0 Å². The number of allylic oxidation sites excluding steroid dienone is 2. The third kappa shape index (κ3) is 6.25. The normalized spacial score (nSPS) is 13.7. The maximum absolute atomic E-state index is 12.0. The quantitative estimate of drug-likeness (QED) is 0.426. The molecule has 146 valence electrons. The number of benzene rings is 1.